The second-order valence-corrected chi connectivity index (χ2v) is 5.66. The highest BCUT2D eigenvalue weighted by molar-refractivity contribution is 4.92. The zero-order chi connectivity index (χ0) is 12.3. The van der Waals surface area contributed by atoms with Gasteiger partial charge in [0.1, 0.15) is 0 Å². The van der Waals surface area contributed by atoms with Crippen LogP contribution in [0.2, 0.25) is 0 Å². The topological polar surface area (TPSA) is 30.3 Å². The van der Waals surface area contributed by atoms with Crippen LogP contribution in [0, 0.1) is 17.2 Å². The fraction of sp³-hybridized carbons (Fsp3) is 0.929. The van der Waals surface area contributed by atoms with E-state index >= 15 is 0 Å². The van der Waals surface area contributed by atoms with Crippen LogP contribution in [-0.4, -0.2) is 48.6 Å². The molecule has 3 nitrogen and oxygen atoms in total. The number of rotatable bonds is 3. The Labute approximate surface area is 105 Å². The summed E-state index contributed by atoms with van der Waals surface area (Å²) in [5.74, 6) is 0.843. The molecule has 0 aromatic carbocycles. The van der Waals surface area contributed by atoms with Crippen LogP contribution in [-0.2, 0) is 0 Å². The van der Waals surface area contributed by atoms with Gasteiger partial charge in [0.25, 0.3) is 0 Å². The first-order chi connectivity index (χ1) is 8.26. The Kier molecular flexibility index (Phi) is 4.42. The lowest BCUT2D eigenvalue weighted by molar-refractivity contribution is 0.0200. The molecular formula is C14H25N3. The zero-order valence-electron chi connectivity index (χ0n) is 11.2. The van der Waals surface area contributed by atoms with Gasteiger partial charge in [-0.15, -0.1) is 0 Å². The fourth-order valence-corrected chi connectivity index (χ4v) is 3.65. The molecule has 96 valence electrons. The minimum Gasteiger partial charge on any atom is -0.303 e. The fourth-order valence-electron chi connectivity index (χ4n) is 3.65. The van der Waals surface area contributed by atoms with Gasteiger partial charge in [0.15, 0.2) is 0 Å². The molecule has 0 aromatic heterocycles. The van der Waals surface area contributed by atoms with Crippen LogP contribution >= 0.6 is 0 Å². The number of piperidine rings is 2. The van der Waals surface area contributed by atoms with Crippen LogP contribution in [0.4, 0.5) is 0 Å². The van der Waals surface area contributed by atoms with Gasteiger partial charge in [-0.25, -0.2) is 0 Å². The molecule has 3 unspecified atom stereocenters. The van der Waals surface area contributed by atoms with Gasteiger partial charge in [0.05, 0.1) is 12.5 Å². The van der Waals surface area contributed by atoms with Crippen molar-refractivity contribution in [2.24, 2.45) is 5.92 Å². The predicted octanol–water partition coefficient (Wildman–Crippen LogP) is 2.09. The summed E-state index contributed by atoms with van der Waals surface area (Å²) >= 11 is 0. The molecule has 3 heteroatoms. The molecule has 17 heavy (non-hydrogen) atoms. The van der Waals surface area contributed by atoms with Crippen LogP contribution in [0.1, 0.15) is 39.0 Å². The predicted molar refractivity (Wildman–Crippen MR) is 69.6 cm³/mol. The van der Waals surface area contributed by atoms with Crippen molar-refractivity contribution in [3.8, 4) is 6.07 Å². The average molecular weight is 235 g/mol. The summed E-state index contributed by atoms with van der Waals surface area (Å²) in [6, 6.07) is 3.64. The van der Waals surface area contributed by atoms with Crippen molar-refractivity contribution in [2.45, 2.75) is 51.1 Å². The summed E-state index contributed by atoms with van der Waals surface area (Å²) in [5.41, 5.74) is 0. The number of fused-ring (bicyclic) bond motifs is 1. The SMILES string of the molecule is CCC(CC#N)N1CCC2C(CCCN2C)C1. The number of nitriles is 1. The normalized spacial score (nSPS) is 32.8. The second-order valence-electron chi connectivity index (χ2n) is 5.66. The molecule has 2 heterocycles. The van der Waals surface area contributed by atoms with E-state index < -0.39 is 0 Å². The summed E-state index contributed by atoms with van der Waals surface area (Å²) in [5, 5.41) is 8.89. The van der Waals surface area contributed by atoms with E-state index in [0.717, 1.165) is 18.4 Å². The molecule has 2 aliphatic rings. The van der Waals surface area contributed by atoms with Crippen molar-refractivity contribution >= 4 is 0 Å². The molecule has 0 spiro atoms. The Hall–Kier alpha value is -0.590. The molecule has 2 saturated heterocycles. The standard InChI is InChI=1S/C14H25N3/c1-3-13(6-8-15)17-10-7-14-12(11-17)5-4-9-16(14)2/h12-14H,3-7,9-11H2,1-2H3. The summed E-state index contributed by atoms with van der Waals surface area (Å²) < 4.78 is 0. The second kappa shape index (κ2) is 5.84. The molecule has 0 radical (unpaired) electrons. The highest BCUT2D eigenvalue weighted by Gasteiger charge is 2.35. The highest BCUT2D eigenvalue weighted by atomic mass is 15.2. The van der Waals surface area contributed by atoms with Gasteiger partial charge in [0, 0.05) is 18.6 Å². The summed E-state index contributed by atoms with van der Waals surface area (Å²) in [7, 11) is 2.28. The maximum atomic E-state index is 8.89. The van der Waals surface area contributed by atoms with Gasteiger partial charge in [-0.2, -0.15) is 5.26 Å². The minimum atomic E-state index is 0.494. The lowest BCUT2D eigenvalue weighted by Gasteiger charge is -2.47. The van der Waals surface area contributed by atoms with E-state index in [9.17, 15) is 0 Å². The van der Waals surface area contributed by atoms with E-state index in [4.69, 9.17) is 5.26 Å². The number of likely N-dealkylation sites (tertiary alicyclic amines) is 2. The van der Waals surface area contributed by atoms with E-state index in [0.29, 0.717) is 12.5 Å². The molecule has 3 atom stereocenters. The first-order valence-corrected chi connectivity index (χ1v) is 7.07. The lowest BCUT2D eigenvalue weighted by Crippen LogP contribution is -2.54. The first kappa shape index (κ1) is 12.9. The minimum absolute atomic E-state index is 0.494. The molecular weight excluding hydrogens is 210 g/mol. The lowest BCUT2D eigenvalue weighted by atomic mass is 9.83. The van der Waals surface area contributed by atoms with Gasteiger partial charge in [0.2, 0.25) is 0 Å². The molecule has 0 N–H and O–H groups in total. The maximum Gasteiger partial charge on any atom is 0.0638 e. The summed E-state index contributed by atoms with van der Waals surface area (Å²) in [4.78, 5) is 5.13. The molecule has 0 saturated carbocycles. The molecule has 0 aliphatic carbocycles. The van der Waals surface area contributed by atoms with Crippen molar-refractivity contribution in [1.82, 2.24) is 9.80 Å². The first-order valence-electron chi connectivity index (χ1n) is 7.07. The van der Waals surface area contributed by atoms with E-state index in [1.165, 1.54) is 38.9 Å². The van der Waals surface area contributed by atoms with Crippen molar-refractivity contribution in [3.05, 3.63) is 0 Å². The van der Waals surface area contributed by atoms with Gasteiger partial charge >= 0.3 is 0 Å². The molecule has 0 bridgehead atoms. The molecule has 2 fully saturated rings. The van der Waals surface area contributed by atoms with Gasteiger partial charge in [-0.3, -0.25) is 4.90 Å². The van der Waals surface area contributed by atoms with E-state index in [1.54, 1.807) is 0 Å². The molecule has 0 amide bonds. The zero-order valence-corrected chi connectivity index (χ0v) is 11.2. The van der Waals surface area contributed by atoms with E-state index in [2.05, 4.69) is 29.8 Å². The van der Waals surface area contributed by atoms with Gasteiger partial charge < -0.3 is 4.90 Å². The van der Waals surface area contributed by atoms with Crippen LogP contribution in [0.5, 0.6) is 0 Å². The van der Waals surface area contributed by atoms with Crippen molar-refractivity contribution in [1.29, 1.82) is 5.26 Å². The smallest absolute Gasteiger partial charge is 0.0638 e. The highest BCUT2D eigenvalue weighted by Crippen LogP contribution is 2.31. The largest absolute Gasteiger partial charge is 0.303 e. The van der Waals surface area contributed by atoms with Gasteiger partial charge in [-0.05, 0) is 51.7 Å². The number of hydrogen-bond acceptors (Lipinski definition) is 3. The molecule has 2 aliphatic heterocycles. The van der Waals surface area contributed by atoms with Gasteiger partial charge in [-0.1, -0.05) is 6.92 Å². The third kappa shape index (κ3) is 2.81. The van der Waals surface area contributed by atoms with Crippen LogP contribution in [0.3, 0.4) is 0 Å². The Morgan fingerprint density at radius 1 is 1.35 bits per heavy atom. The van der Waals surface area contributed by atoms with Crippen LogP contribution < -0.4 is 0 Å². The monoisotopic (exact) mass is 235 g/mol. The number of nitrogens with zero attached hydrogens (tertiary/aromatic N) is 3. The Morgan fingerprint density at radius 2 is 2.18 bits per heavy atom. The van der Waals surface area contributed by atoms with E-state index in [-0.39, 0.29) is 0 Å². The average Bonchev–Trinajstić information content (AvgIpc) is 2.36. The third-order valence-corrected chi connectivity index (χ3v) is 4.69. The Balaban J connectivity index is 1.95. The molecule has 0 aromatic rings. The summed E-state index contributed by atoms with van der Waals surface area (Å²) in [6.45, 7) is 5.89. The van der Waals surface area contributed by atoms with Crippen molar-refractivity contribution in [2.75, 3.05) is 26.7 Å². The van der Waals surface area contributed by atoms with Crippen LogP contribution in [0.25, 0.3) is 0 Å². The molecule has 2 rings (SSSR count). The summed E-state index contributed by atoms with van der Waals surface area (Å²) in [6.07, 6.45) is 5.84. The maximum absolute atomic E-state index is 8.89. The number of hydrogen-bond donors (Lipinski definition) is 0. The van der Waals surface area contributed by atoms with Crippen molar-refractivity contribution in [3.63, 3.8) is 0 Å². The van der Waals surface area contributed by atoms with Crippen molar-refractivity contribution < 1.29 is 0 Å². The quantitative estimate of drug-likeness (QED) is 0.750. The Bertz CT molecular complexity index is 284. The Morgan fingerprint density at radius 3 is 2.88 bits per heavy atom. The van der Waals surface area contributed by atoms with E-state index in [1.807, 2.05) is 0 Å². The van der Waals surface area contributed by atoms with Crippen LogP contribution in [0.15, 0.2) is 0 Å². The third-order valence-electron chi connectivity index (χ3n) is 4.69.